The Morgan fingerprint density at radius 2 is 1.79 bits per heavy atom. The minimum atomic E-state index is 0.378. The molecule has 5 heterocycles. The quantitative estimate of drug-likeness (QED) is 0.392. The molecule has 0 fully saturated rings. The molecular weight excluding hydrogens is 412 g/mol. The van der Waals surface area contributed by atoms with Crippen molar-refractivity contribution in [2.75, 3.05) is 5.32 Å². The maximum absolute atomic E-state index is 4.74. The molecule has 0 aliphatic rings. The van der Waals surface area contributed by atoms with Crippen LogP contribution in [0.1, 0.15) is 30.9 Å². The standard InChI is InChI=1S/C25H24N8/c1-17(2)19-12-25(32-28-14-19)31-24-4-3-22-23(30-24)11-20(13-27-22)21-15-29-33(16-21)10-7-18-5-8-26-9-6-18/h3-6,8-9,11-17H,7,10H2,1-2H3,(H,30,31,32). The Morgan fingerprint density at radius 3 is 2.64 bits per heavy atom. The lowest BCUT2D eigenvalue weighted by Crippen LogP contribution is -2.01. The SMILES string of the molecule is CC(C)c1cnnc(Nc2ccc3ncc(-c4cnn(CCc5ccncc5)c4)cc3n2)c1. The summed E-state index contributed by atoms with van der Waals surface area (Å²) in [5, 5.41) is 16.0. The molecule has 33 heavy (non-hydrogen) atoms. The molecule has 0 aliphatic heterocycles. The lowest BCUT2D eigenvalue weighted by Gasteiger charge is -2.09. The van der Waals surface area contributed by atoms with Crippen LogP contribution in [0, 0.1) is 0 Å². The van der Waals surface area contributed by atoms with Crippen LogP contribution in [0.4, 0.5) is 11.6 Å². The van der Waals surface area contributed by atoms with E-state index in [1.54, 1.807) is 6.20 Å². The summed E-state index contributed by atoms with van der Waals surface area (Å²) in [4.78, 5) is 13.4. The molecule has 0 amide bonds. The van der Waals surface area contributed by atoms with E-state index >= 15 is 0 Å². The number of pyridine rings is 3. The fourth-order valence-corrected chi connectivity index (χ4v) is 3.55. The summed E-state index contributed by atoms with van der Waals surface area (Å²) in [6, 6.07) is 11.9. The molecule has 8 heteroatoms. The second kappa shape index (κ2) is 9.12. The molecule has 0 saturated carbocycles. The van der Waals surface area contributed by atoms with Crippen molar-refractivity contribution in [3.8, 4) is 11.1 Å². The average molecular weight is 437 g/mol. The summed E-state index contributed by atoms with van der Waals surface area (Å²) in [5.41, 5.74) is 5.98. The number of anilines is 2. The average Bonchev–Trinajstić information content (AvgIpc) is 3.32. The van der Waals surface area contributed by atoms with E-state index in [4.69, 9.17) is 4.98 Å². The lowest BCUT2D eigenvalue weighted by atomic mass is 10.1. The molecule has 1 N–H and O–H groups in total. The van der Waals surface area contributed by atoms with Gasteiger partial charge in [-0.15, -0.1) is 5.10 Å². The predicted molar refractivity (Wildman–Crippen MR) is 128 cm³/mol. The van der Waals surface area contributed by atoms with E-state index in [1.807, 2.05) is 72.1 Å². The van der Waals surface area contributed by atoms with Crippen molar-refractivity contribution in [3.05, 3.63) is 84.7 Å². The summed E-state index contributed by atoms with van der Waals surface area (Å²) in [5.74, 6) is 1.75. The summed E-state index contributed by atoms with van der Waals surface area (Å²) in [6.07, 6.45) is 12.1. The maximum Gasteiger partial charge on any atom is 0.154 e. The van der Waals surface area contributed by atoms with E-state index in [-0.39, 0.29) is 0 Å². The molecule has 5 aromatic rings. The van der Waals surface area contributed by atoms with Gasteiger partial charge in [0.25, 0.3) is 0 Å². The molecule has 0 saturated heterocycles. The first-order chi connectivity index (χ1) is 16.1. The Hall–Kier alpha value is -4.20. The van der Waals surface area contributed by atoms with Gasteiger partial charge in [0.15, 0.2) is 5.82 Å². The molecular formula is C25H24N8. The monoisotopic (exact) mass is 436 g/mol. The van der Waals surface area contributed by atoms with Crippen molar-refractivity contribution in [1.82, 2.24) is 34.9 Å². The van der Waals surface area contributed by atoms with Gasteiger partial charge < -0.3 is 5.32 Å². The molecule has 0 radical (unpaired) electrons. The fraction of sp³-hybridized carbons (Fsp3) is 0.200. The van der Waals surface area contributed by atoms with Crippen LogP contribution in [-0.4, -0.2) is 34.9 Å². The van der Waals surface area contributed by atoms with Crippen molar-refractivity contribution in [2.45, 2.75) is 32.7 Å². The van der Waals surface area contributed by atoms with Gasteiger partial charge in [-0.25, -0.2) is 4.98 Å². The van der Waals surface area contributed by atoms with E-state index in [0.29, 0.717) is 17.6 Å². The van der Waals surface area contributed by atoms with Gasteiger partial charge in [0.2, 0.25) is 0 Å². The van der Waals surface area contributed by atoms with Crippen LogP contribution in [-0.2, 0) is 13.0 Å². The molecule has 0 atom stereocenters. The third-order valence-corrected chi connectivity index (χ3v) is 5.48. The molecule has 0 spiro atoms. The highest BCUT2D eigenvalue weighted by atomic mass is 15.3. The van der Waals surface area contributed by atoms with Gasteiger partial charge in [-0.2, -0.15) is 10.2 Å². The number of hydrogen-bond donors (Lipinski definition) is 1. The third-order valence-electron chi connectivity index (χ3n) is 5.48. The molecule has 0 bridgehead atoms. The third kappa shape index (κ3) is 4.85. The first-order valence-electron chi connectivity index (χ1n) is 10.9. The van der Waals surface area contributed by atoms with Crippen LogP contribution in [0.3, 0.4) is 0 Å². The minimum absolute atomic E-state index is 0.378. The van der Waals surface area contributed by atoms with Gasteiger partial charge >= 0.3 is 0 Å². The lowest BCUT2D eigenvalue weighted by molar-refractivity contribution is 0.615. The van der Waals surface area contributed by atoms with Crippen LogP contribution >= 0.6 is 0 Å². The number of rotatable bonds is 7. The Labute approximate surface area is 191 Å². The van der Waals surface area contributed by atoms with Crippen LogP contribution in [0.15, 0.2) is 73.6 Å². The molecule has 8 nitrogen and oxygen atoms in total. The Balaban J connectivity index is 1.35. The summed E-state index contributed by atoms with van der Waals surface area (Å²) in [6.45, 7) is 5.06. The number of aryl methyl sites for hydroxylation is 2. The van der Waals surface area contributed by atoms with E-state index < -0.39 is 0 Å². The van der Waals surface area contributed by atoms with Gasteiger partial charge in [-0.1, -0.05) is 13.8 Å². The second-order valence-corrected chi connectivity index (χ2v) is 8.21. The zero-order valence-electron chi connectivity index (χ0n) is 18.6. The topological polar surface area (TPSA) is 94.3 Å². The first-order valence-corrected chi connectivity index (χ1v) is 10.9. The Kier molecular flexibility index (Phi) is 5.72. The molecule has 0 aromatic carbocycles. The van der Waals surface area contributed by atoms with Crippen molar-refractivity contribution < 1.29 is 0 Å². The van der Waals surface area contributed by atoms with Crippen LogP contribution in [0.2, 0.25) is 0 Å². The summed E-state index contributed by atoms with van der Waals surface area (Å²) >= 11 is 0. The highest BCUT2D eigenvalue weighted by molar-refractivity contribution is 5.81. The normalized spacial score (nSPS) is 11.2. The van der Waals surface area contributed by atoms with Gasteiger partial charge in [-0.05, 0) is 59.9 Å². The number of hydrogen-bond acceptors (Lipinski definition) is 7. The zero-order chi connectivity index (χ0) is 22.6. The van der Waals surface area contributed by atoms with E-state index in [9.17, 15) is 0 Å². The maximum atomic E-state index is 4.74. The van der Waals surface area contributed by atoms with Gasteiger partial charge in [-0.3, -0.25) is 14.6 Å². The zero-order valence-corrected chi connectivity index (χ0v) is 18.6. The summed E-state index contributed by atoms with van der Waals surface area (Å²) in [7, 11) is 0. The van der Waals surface area contributed by atoms with Crippen LogP contribution < -0.4 is 5.32 Å². The van der Waals surface area contributed by atoms with Crippen LogP contribution in [0.25, 0.3) is 22.2 Å². The van der Waals surface area contributed by atoms with Gasteiger partial charge in [0, 0.05) is 42.5 Å². The minimum Gasteiger partial charge on any atom is -0.323 e. The first kappa shape index (κ1) is 20.7. The fourth-order valence-electron chi connectivity index (χ4n) is 3.55. The van der Waals surface area contributed by atoms with Crippen molar-refractivity contribution in [3.63, 3.8) is 0 Å². The van der Waals surface area contributed by atoms with Crippen molar-refractivity contribution in [2.24, 2.45) is 0 Å². The molecule has 0 aliphatic carbocycles. The molecule has 164 valence electrons. The van der Waals surface area contributed by atoms with Gasteiger partial charge in [0.1, 0.15) is 5.82 Å². The smallest absolute Gasteiger partial charge is 0.154 e. The summed E-state index contributed by atoms with van der Waals surface area (Å²) < 4.78 is 1.95. The largest absolute Gasteiger partial charge is 0.323 e. The van der Waals surface area contributed by atoms with Crippen LogP contribution in [0.5, 0.6) is 0 Å². The number of aromatic nitrogens is 7. The molecule has 5 rings (SSSR count). The number of nitrogens with zero attached hydrogens (tertiary/aromatic N) is 7. The molecule has 0 unspecified atom stereocenters. The second-order valence-electron chi connectivity index (χ2n) is 8.21. The van der Waals surface area contributed by atoms with E-state index in [1.165, 1.54) is 5.56 Å². The Morgan fingerprint density at radius 1 is 0.909 bits per heavy atom. The van der Waals surface area contributed by atoms with E-state index in [2.05, 4.69) is 44.4 Å². The predicted octanol–water partition coefficient (Wildman–Crippen LogP) is 4.79. The van der Waals surface area contributed by atoms with Crippen molar-refractivity contribution >= 4 is 22.7 Å². The molecule has 5 aromatic heterocycles. The van der Waals surface area contributed by atoms with E-state index in [0.717, 1.165) is 40.7 Å². The highest BCUT2D eigenvalue weighted by Gasteiger charge is 2.08. The number of fused-ring (bicyclic) bond motifs is 1. The Bertz CT molecular complexity index is 1380. The van der Waals surface area contributed by atoms with Crippen molar-refractivity contribution in [1.29, 1.82) is 0 Å². The van der Waals surface area contributed by atoms with Gasteiger partial charge in [0.05, 0.1) is 23.4 Å². The number of nitrogens with one attached hydrogen (secondary N) is 1. The highest BCUT2D eigenvalue weighted by Crippen LogP contribution is 2.24.